The average Bonchev–Trinajstić information content (AvgIpc) is 2.96. The van der Waals surface area contributed by atoms with Crippen molar-refractivity contribution >= 4 is 11.6 Å². The number of hydrogen-bond acceptors (Lipinski definition) is 4. The molecule has 0 amide bonds. The minimum atomic E-state index is -4.65. The molecule has 0 fully saturated rings. The van der Waals surface area contributed by atoms with Crippen LogP contribution in [0.15, 0.2) is 30.3 Å². The summed E-state index contributed by atoms with van der Waals surface area (Å²) in [6.45, 7) is 4.31. The minimum absolute atomic E-state index is 0.125. The molecule has 0 saturated heterocycles. The van der Waals surface area contributed by atoms with Crippen LogP contribution in [0.3, 0.4) is 0 Å². The van der Waals surface area contributed by atoms with E-state index in [1.807, 2.05) is 6.92 Å². The van der Waals surface area contributed by atoms with Crippen molar-refractivity contribution in [3.63, 3.8) is 0 Å². The molecule has 0 unspecified atom stereocenters. The van der Waals surface area contributed by atoms with Crippen molar-refractivity contribution < 1.29 is 17.6 Å². The Balaban J connectivity index is 2.07. The van der Waals surface area contributed by atoms with Crippen LogP contribution < -0.4 is 4.90 Å². The van der Waals surface area contributed by atoms with Crippen LogP contribution in [0.1, 0.15) is 24.0 Å². The summed E-state index contributed by atoms with van der Waals surface area (Å²) in [5.41, 5.74) is 1.21. The number of rotatable bonds is 4. The van der Waals surface area contributed by atoms with Crippen molar-refractivity contribution in [2.75, 3.05) is 11.4 Å². The number of alkyl halides is 3. The Bertz CT molecular complexity index is 903. The predicted molar refractivity (Wildman–Crippen MR) is 83.6 cm³/mol. The summed E-state index contributed by atoms with van der Waals surface area (Å²) in [5.74, 6) is -1.32. The molecule has 0 bridgehead atoms. The topological polar surface area (TPSA) is 46.3 Å². The fourth-order valence-corrected chi connectivity index (χ4v) is 2.52. The van der Waals surface area contributed by atoms with Crippen LogP contribution in [0.4, 0.5) is 23.4 Å². The molecule has 0 spiro atoms. The van der Waals surface area contributed by atoms with E-state index in [4.69, 9.17) is 0 Å². The smallest absolute Gasteiger partial charge is 0.352 e. The molecule has 132 valence electrons. The maximum Gasteiger partial charge on any atom is 0.453 e. The largest absolute Gasteiger partial charge is 0.453 e. The summed E-state index contributed by atoms with van der Waals surface area (Å²) in [6, 6.07) is 7.69. The number of hydrogen-bond donors (Lipinski definition) is 0. The van der Waals surface area contributed by atoms with Gasteiger partial charge in [0.25, 0.3) is 11.6 Å². The van der Waals surface area contributed by atoms with Gasteiger partial charge in [-0.3, -0.25) is 0 Å². The molecule has 3 aromatic rings. The molecule has 0 atom stereocenters. The van der Waals surface area contributed by atoms with Gasteiger partial charge in [-0.25, -0.2) is 9.37 Å². The minimum Gasteiger partial charge on any atom is -0.352 e. The molecule has 5 nitrogen and oxygen atoms in total. The SMILES string of the molecule is CCN(Cc1cccc(F)c1)c1cc(C)nc2nc(C(F)(F)F)nn12. The molecule has 0 aliphatic carbocycles. The molecule has 25 heavy (non-hydrogen) atoms. The molecule has 0 aliphatic heterocycles. The van der Waals surface area contributed by atoms with Gasteiger partial charge in [0.15, 0.2) is 0 Å². The standard InChI is InChI=1S/C16H15F4N5/c1-3-24(9-11-5-4-6-12(17)8-11)13-7-10(2)21-15-22-14(16(18,19)20)23-25(13)15/h4-8H,3,9H2,1-2H3. The highest BCUT2D eigenvalue weighted by atomic mass is 19.4. The third-order valence-electron chi connectivity index (χ3n) is 3.64. The summed E-state index contributed by atoms with van der Waals surface area (Å²) in [5, 5.41) is 3.56. The number of anilines is 1. The van der Waals surface area contributed by atoms with Crippen LogP contribution in [0.25, 0.3) is 5.78 Å². The van der Waals surface area contributed by atoms with E-state index in [1.54, 1.807) is 30.0 Å². The van der Waals surface area contributed by atoms with Crippen LogP contribution in [0.2, 0.25) is 0 Å². The van der Waals surface area contributed by atoms with Crippen molar-refractivity contribution in [3.8, 4) is 0 Å². The van der Waals surface area contributed by atoms with E-state index >= 15 is 0 Å². The van der Waals surface area contributed by atoms with Crippen molar-refractivity contribution in [1.82, 2.24) is 19.6 Å². The Morgan fingerprint density at radius 2 is 1.92 bits per heavy atom. The molecule has 9 heteroatoms. The highest BCUT2D eigenvalue weighted by Gasteiger charge is 2.37. The maximum atomic E-state index is 13.4. The molecule has 0 N–H and O–H groups in total. The second-order valence-corrected chi connectivity index (χ2v) is 5.54. The maximum absolute atomic E-state index is 13.4. The molecule has 0 aliphatic rings. The zero-order valence-electron chi connectivity index (χ0n) is 13.5. The van der Waals surface area contributed by atoms with Gasteiger partial charge in [0.2, 0.25) is 0 Å². The molecule has 0 radical (unpaired) electrons. The van der Waals surface area contributed by atoms with Gasteiger partial charge in [0.05, 0.1) is 0 Å². The van der Waals surface area contributed by atoms with Crippen LogP contribution in [0.5, 0.6) is 0 Å². The van der Waals surface area contributed by atoms with Gasteiger partial charge >= 0.3 is 6.18 Å². The van der Waals surface area contributed by atoms with Gasteiger partial charge in [-0.1, -0.05) is 12.1 Å². The zero-order chi connectivity index (χ0) is 18.2. The summed E-state index contributed by atoms with van der Waals surface area (Å²) >= 11 is 0. The number of aromatic nitrogens is 4. The number of aryl methyl sites for hydroxylation is 1. The normalized spacial score (nSPS) is 11.9. The third kappa shape index (κ3) is 3.54. The van der Waals surface area contributed by atoms with E-state index < -0.39 is 12.0 Å². The van der Waals surface area contributed by atoms with Gasteiger partial charge in [-0.05, 0) is 31.5 Å². The number of halogens is 4. The lowest BCUT2D eigenvalue weighted by atomic mass is 10.2. The van der Waals surface area contributed by atoms with E-state index in [-0.39, 0.29) is 11.6 Å². The van der Waals surface area contributed by atoms with Gasteiger partial charge in [0.1, 0.15) is 11.6 Å². The number of nitrogens with zero attached hydrogens (tertiary/aromatic N) is 5. The average molecular weight is 353 g/mol. The Labute approximate surface area is 140 Å². The second-order valence-electron chi connectivity index (χ2n) is 5.54. The Morgan fingerprint density at radius 3 is 2.56 bits per heavy atom. The number of benzene rings is 1. The number of fused-ring (bicyclic) bond motifs is 1. The van der Waals surface area contributed by atoms with Gasteiger partial charge in [-0.2, -0.15) is 22.7 Å². The quantitative estimate of drug-likeness (QED) is 0.672. The first-order chi connectivity index (χ1) is 11.8. The van der Waals surface area contributed by atoms with Crippen molar-refractivity contribution in [2.24, 2.45) is 0 Å². The molecular formula is C16H15F4N5. The molecule has 0 saturated carbocycles. The molecule has 1 aromatic carbocycles. The van der Waals surface area contributed by atoms with Crippen LogP contribution >= 0.6 is 0 Å². The van der Waals surface area contributed by atoms with Crippen LogP contribution in [-0.2, 0) is 12.7 Å². The zero-order valence-corrected chi connectivity index (χ0v) is 13.5. The Hall–Kier alpha value is -2.71. The van der Waals surface area contributed by atoms with Crippen LogP contribution in [0, 0.1) is 12.7 Å². The van der Waals surface area contributed by atoms with Crippen molar-refractivity contribution in [3.05, 3.63) is 53.2 Å². The van der Waals surface area contributed by atoms with E-state index in [2.05, 4.69) is 15.1 Å². The monoisotopic (exact) mass is 353 g/mol. The van der Waals surface area contributed by atoms with Crippen molar-refractivity contribution in [1.29, 1.82) is 0 Å². The Morgan fingerprint density at radius 1 is 1.16 bits per heavy atom. The first kappa shape index (κ1) is 17.1. The van der Waals surface area contributed by atoms with Gasteiger partial charge in [-0.15, -0.1) is 5.10 Å². The van der Waals surface area contributed by atoms with Gasteiger partial charge < -0.3 is 4.90 Å². The summed E-state index contributed by atoms with van der Waals surface area (Å²) in [4.78, 5) is 9.27. The summed E-state index contributed by atoms with van der Waals surface area (Å²) in [6.07, 6.45) is -4.65. The molecular weight excluding hydrogens is 338 g/mol. The molecule has 2 aromatic heterocycles. The molecule has 2 heterocycles. The second kappa shape index (κ2) is 6.30. The third-order valence-corrected chi connectivity index (χ3v) is 3.64. The lowest BCUT2D eigenvalue weighted by Crippen LogP contribution is -2.25. The summed E-state index contributed by atoms with van der Waals surface area (Å²) < 4.78 is 53.2. The fraction of sp³-hybridized carbons (Fsp3) is 0.312. The lowest BCUT2D eigenvalue weighted by molar-refractivity contribution is -0.144. The first-order valence-electron chi connectivity index (χ1n) is 7.59. The highest BCUT2D eigenvalue weighted by molar-refractivity contribution is 5.48. The van der Waals surface area contributed by atoms with E-state index in [1.165, 1.54) is 12.1 Å². The first-order valence-corrected chi connectivity index (χ1v) is 7.59. The van der Waals surface area contributed by atoms with E-state index in [9.17, 15) is 17.6 Å². The van der Waals surface area contributed by atoms with E-state index in [0.29, 0.717) is 30.2 Å². The molecule has 3 rings (SSSR count). The fourth-order valence-electron chi connectivity index (χ4n) is 2.52. The van der Waals surface area contributed by atoms with E-state index in [0.717, 1.165) is 4.52 Å². The Kier molecular flexibility index (Phi) is 4.32. The van der Waals surface area contributed by atoms with Crippen molar-refractivity contribution in [2.45, 2.75) is 26.6 Å². The van der Waals surface area contributed by atoms with Gasteiger partial charge in [0, 0.05) is 24.8 Å². The van der Waals surface area contributed by atoms with Crippen LogP contribution in [-0.4, -0.2) is 26.1 Å². The summed E-state index contributed by atoms with van der Waals surface area (Å²) in [7, 11) is 0. The highest BCUT2D eigenvalue weighted by Crippen LogP contribution is 2.28. The predicted octanol–water partition coefficient (Wildman–Crippen LogP) is 3.62. The lowest BCUT2D eigenvalue weighted by Gasteiger charge is -2.23.